The molecule has 0 aromatic heterocycles. The number of fused-ring (bicyclic) bond motifs is 4. The van der Waals surface area contributed by atoms with Crippen LogP contribution in [0.1, 0.15) is 29.8 Å². The highest BCUT2D eigenvalue weighted by Crippen LogP contribution is 2.55. The monoisotopic (exact) mass is 386 g/mol. The molecule has 5 heteroatoms. The first-order chi connectivity index (χ1) is 13.9. The van der Waals surface area contributed by atoms with Crippen molar-refractivity contribution in [2.45, 2.75) is 25.0 Å². The van der Waals surface area contributed by atoms with Crippen LogP contribution in [-0.2, 0) is 5.41 Å². The number of hydrogen-bond acceptors (Lipinski definition) is 5. The minimum atomic E-state index is -0.852. The average Bonchev–Trinajstić information content (AvgIpc) is 2.91. The molecule has 0 saturated heterocycles. The molecular formula is C24H22N2O3. The number of ether oxygens (including phenoxy) is 2. The van der Waals surface area contributed by atoms with Crippen LogP contribution in [0.25, 0.3) is 10.8 Å². The van der Waals surface area contributed by atoms with Crippen LogP contribution in [0.15, 0.2) is 53.5 Å². The standard InChI is InChI=1S/C24H22N2O3/c1-23(2)19-12-17(28-4)9-10-20(19)26(3)24(23)14-25-21-18-8-6-5-7-15(18)11-16(13-27)22(21)29-24/h5-14H,1-4H3. The number of nitrogens with zero attached hydrogens (tertiary/aromatic N) is 2. The molecule has 0 amide bonds. The highest BCUT2D eigenvalue weighted by atomic mass is 16.5. The molecule has 1 unspecified atom stereocenters. The van der Waals surface area contributed by atoms with Gasteiger partial charge < -0.3 is 14.4 Å². The Kier molecular flexibility index (Phi) is 3.57. The summed E-state index contributed by atoms with van der Waals surface area (Å²) in [7, 11) is 3.66. The Hall–Kier alpha value is -3.34. The average molecular weight is 386 g/mol. The van der Waals surface area contributed by atoms with Gasteiger partial charge in [-0.05, 0) is 49.1 Å². The van der Waals surface area contributed by atoms with Gasteiger partial charge in [0.1, 0.15) is 11.4 Å². The number of methoxy groups -OCH3 is 1. The van der Waals surface area contributed by atoms with Gasteiger partial charge in [0.25, 0.3) is 0 Å². The molecule has 5 rings (SSSR count). The summed E-state index contributed by atoms with van der Waals surface area (Å²) in [5.41, 5.74) is 2.09. The molecule has 3 aromatic rings. The van der Waals surface area contributed by atoms with Crippen molar-refractivity contribution in [2.75, 3.05) is 19.1 Å². The van der Waals surface area contributed by atoms with Crippen molar-refractivity contribution in [3.8, 4) is 11.5 Å². The highest BCUT2D eigenvalue weighted by molar-refractivity contribution is 6.04. The first kappa shape index (κ1) is 17.7. The zero-order valence-electron chi connectivity index (χ0n) is 16.9. The second kappa shape index (κ2) is 5.83. The summed E-state index contributed by atoms with van der Waals surface area (Å²) in [6.07, 6.45) is 2.72. The van der Waals surface area contributed by atoms with Gasteiger partial charge in [0.2, 0.25) is 5.72 Å². The molecule has 2 aliphatic heterocycles. The smallest absolute Gasteiger partial charge is 0.228 e. The first-order valence-electron chi connectivity index (χ1n) is 9.60. The molecule has 0 N–H and O–H groups in total. The second-order valence-electron chi connectivity index (χ2n) is 8.11. The Balaban J connectivity index is 1.74. The number of carbonyl (C=O) groups excluding carboxylic acids is 1. The lowest BCUT2D eigenvalue weighted by atomic mass is 9.77. The predicted molar refractivity (Wildman–Crippen MR) is 115 cm³/mol. The maximum absolute atomic E-state index is 11.9. The summed E-state index contributed by atoms with van der Waals surface area (Å²) in [4.78, 5) is 18.9. The van der Waals surface area contributed by atoms with E-state index in [4.69, 9.17) is 14.5 Å². The van der Waals surface area contributed by atoms with Crippen molar-refractivity contribution in [3.63, 3.8) is 0 Å². The number of aldehydes is 1. The van der Waals surface area contributed by atoms with Gasteiger partial charge >= 0.3 is 0 Å². The number of likely N-dealkylation sites (N-methyl/N-ethyl adjacent to an activating group) is 1. The molecule has 0 aliphatic carbocycles. The fourth-order valence-corrected chi connectivity index (χ4v) is 4.66. The summed E-state index contributed by atoms with van der Waals surface area (Å²) in [6, 6.07) is 15.8. The summed E-state index contributed by atoms with van der Waals surface area (Å²) < 4.78 is 12.1. The lowest BCUT2D eigenvalue weighted by Crippen LogP contribution is -2.61. The number of hydrogen-bond donors (Lipinski definition) is 0. The van der Waals surface area contributed by atoms with Crippen LogP contribution in [0.5, 0.6) is 11.5 Å². The Bertz CT molecular complexity index is 1200. The minimum Gasteiger partial charge on any atom is -0.497 e. The van der Waals surface area contributed by atoms with Gasteiger partial charge in [-0.15, -0.1) is 0 Å². The normalized spacial score (nSPS) is 21.0. The molecular weight excluding hydrogens is 364 g/mol. The molecule has 3 aromatic carbocycles. The molecule has 1 spiro atoms. The summed E-state index contributed by atoms with van der Waals surface area (Å²) in [5, 5.41) is 1.94. The Morgan fingerprint density at radius 1 is 1.14 bits per heavy atom. The van der Waals surface area contributed by atoms with E-state index in [1.165, 1.54) is 0 Å². The van der Waals surface area contributed by atoms with Gasteiger partial charge in [-0.2, -0.15) is 0 Å². The van der Waals surface area contributed by atoms with Crippen LogP contribution in [0.4, 0.5) is 11.4 Å². The molecule has 1 atom stereocenters. The van der Waals surface area contributed by atoms with E-state index in [0.717, 1.165) is 34.1 Å². The van der Waals surface area contributed by atoms with Gasteiger partial charge in [0.15, 0.2) is 12.0 Å². The predicted octanol–water partition coefficient (Wildman–Crippen LogP) is 4.88. The topological polar surface area (TPSA) is 51.1 Å². The lowest BCUT2D eigenvalue weighted by Gasteiger charge is -2.45. The molecule has 0 saturated carbocycles. The zero-order chi connectivity index (χ0) is 20.4. The third-order valence-electron chi connectivity index (χ3n) is 6.39. The second-order valence-corrected chi connectivity index (χ2v) is 8.11. The first-order valence-corrected chi connectivity index (χ1v) is 9.60. The molecule has 0 fully saturated rings. The van der Waals surface area contributed by atoms with Crippen molar-refractivity contribution in [3.05, 3.63) is 59.7 Å². The number of carbonyl (C=O) groups is 1. The van der Waals surface area contributed by atoms with Crippen LogP contribution in [0.2, 0.25) is 0 Å². The largest absolute Gasteiger partial charge is 0.497 e. The third-order valence-corrected chi connectivity index (χ3v) is 6.39. The van der Waals surface area contributed by atoms with Crippen LogP contribution < -0.4 is 14.4 Å². The Morgan fingerprint density at radius 2 is 1.93 bits per heavy atom. The van der Waals surface area contributed by atoms with E-state index in [2.05, 4.69) is 18.7 Å². The number of anilines is 1. The van der Waals surface area contributed by atoms with Crippen molar-refractivity contribution in [1.29, 1.82) is 0 Å². The molecule has 29 heavy (non-hydrogen) atoms. The SMILES string of the molecule is COc1ccc2c(c1)C(C)(C)C1(C=Nc3c(c(C=O)cc4ccccc34)O1)N2C. The zero-order valence-corrected chi connectivity index (χ0v) is 16.9. The van der Waals surface area contributed by atoms with E-state index in [1.807, 2.05) is 61.8 Å². The fourth-order valence-electron chi connectivity index (χ4n) is 4.66. The molecule has 0 radical (unpaired) electrons. The maximum Gasteiger partial charge on any atom is 0.228 e. The van der Waals surface area contributed by atoms with Gasteiger partial charge in [0.05, 0.1) is 24.3 Å². The summed E-state index contributed by atoms with van der Waals surface area (Å²) >= 11 is 0. The molecule has 2 heterocycles. The number of rotatable bonds is 2. The van der Waals surface area contributed by atoms with E-state index in [0.29, 0.717) is 17.0 Å². The van der Waals surface area contributed by atoms with Crippen molar-refractivity contribution in [2.24, 2.45) is 4.99 Å². The third kappa shape index (κ3) is 2.15. The van der Waals surface area contributed by atoms with Gasteiger partial charge in [-0.3, -0.25) is 9.79 Å². The van der Waals surface area contributed by atoms with E-state index < -0.39 is 11.1 Å². The van der Waals surface area contributed by atoms with Gasteiger partial charge in [0, 0.05) is 18.1 Å². The molecule has 2 aliphatic rings. The van der Waals surface area contributed by atoms with E-state index in [9.17, 15) is 4.79 Å². The van der Waals surface area contributed by atoms with Crippen molar-refractivity contribution >= 4 is 34.6 Å². The Labute approximate surface area is 169 Å². The van der Waals surface area contributed by atoms with Crippen LogP contribution in [0, 0.1) is 0 Å². The molecule has 5 nitrogen and oxygen atoms in total. The number of benzene rings is 3. The molecule has 146 valence electrons. The van der Waals surface area contributed by atoms with Crippen LogP contribution >= 0.6 is 0 Å². The minimum absolute atomic E-state index is 0.432. The quantitative estimate of drug-likeness (QED) is 0.589. The Morgan fingerprint density at radius 3 is 2.69 bits per heavy atom. The van der Waals surface area contributed by atoms with Gasteiger partial charge in [-0.1, -0.05) is 24.3 Å². The summed E-state index contributed by atoms with van der Waals surface area (Å²) in [5.74, 6) is 1.33. The fraction of sp³-hybridized carbons (Fsp3) is 0.250. The van der Waals surface area contributed by atoms with Crippen molar-refractivity contribution in [1.82, 2.24) is 0 Å². The highest BCUT2D eigenvalue weighted by Gasteiger charge is 2.59. The van der Waals surface area contributed by atoms with Crippen LogP contribution in [0.3, 0.4) is 0 Å². The maximum atomic E-state index is 11.9. The number of aliphatic imine (C=N–C) groups is 1. The van der Waals surface area contributed by atoms with E-state index in [1.54, 1.807) is 7.11 Å². The summed E-state index contributed by atoms with van der Waals surface area (Å²) in [6.45, 7) is 4.26. The van der Waals surface area contributed by atoms with E-state index >= 15 is 0 Å². The van der Waals surface area contributed by atoms with Crippen LogP contribution in [-0.4, -0.2) is 32.4 Å². The molecule has 0 bridgehead atoms. The lowest BCUT2D eigenvalue weighted by molar-refractivity contribution is 0.0807. The van der Waals surface area contributed by atoms with Gasteiger partial charge in [-0.25, -0.2) is 0 Å². The van der Waals surface area contributed by atoms with E-state index in [-0.39, 0.29) is 0 Å². The van der Waals surface area contributed by atoms with Crippen molar-refractivity contribution < 1.29 is 14.3 Å².